The van der Waals surface area contributed by atoms with Crippen molar-refractivity contribution < 1.29 is 9.53 Å². The molecule has 0 saturated carbocycles. The number of H-pyrrole nitrogens is 1. The van der Waals surface area contributed by atoms with Crippen LogP contribution in [0.15, 0.2) is 36.5 Å². The minimum absolute atomic E-state index is 0.00935. The number of hydrogen-bond acceptors (Lipinski definition) is 7. The van der Waals surface area contributed by atoms with Gasteiger partial charge < -0.3 is 25.3 Å². The molecule has 5 rings (SSSR count). The number of aromatic amines is 1. The summed E-state index contributed by atoms with van der Waals surface area (Å²) in [6, 6.07) is 10.2. The number of nitrogens with zero attached hydrogens (tertiary/aromatic N) is 4. The molecule has 0 bridgehead atoms. The number of ether oxygens (including phenoxy) is 1. The molecular weight excluding hydrogens is 466 g/mol. The van der Waals surface area contributed by atoms with Gasteiger partial charge in [0, 0.05) is 29.2 Å². The Labute approximate surface area is 217 Å². The standard InChI is InChI=1S/C28H35N7O2/c1-16(2)35-11-9-19(10-12-35)27(36)33-23-14-21(13-22-26(23)31-18(5)30-22)32-28-29-15-20-7-6-8-24(25(20)34-28)37-17(3)4/h6-8,13-17,19H,9-12H2,1-5H3,(H,30,31)(H,33,36)(H,29,32,34). The Morgan fingerprint density at radius 2 is 1.89 bits per heavy atom. The summed E-state index contributed by atoms with van der Waals surface area (Å²) >= 11 is 0. The summed E-state index contributed by atoms with van der Waals surface area (Å²) in [6.07, 6.45) is 3.53. The van der Waals surface area contributed by atoms with Crippen LogP contribution in [-0.4, -0.2) is 56.0 Å². The van der Waals surface area contributed by atoms with Gasteiger partial charge in [-0.25, -0.2) is 15.0 Å². The number of likely N-dealkylation sites (tertiary alicyclic amines) is 1. The van der Waals surface area contributed by atoms with E-state index in [9.17, 15) is 4.79 Å². The van der Waals surface area contributed by atoms with Gasteiger partial charge in [0.1, 0.15) is 22.6 Å². The van der Waals surface area contributed by atoms with Crippen LogP contribution in [0.3, 0.4) is 0 Å². The van der Waals surface area contributed by atoms with Crippen molar-refractivity contribution in [3.8, 4) is 5.75 Å². The Bertz CT molecular complexity index is 1420. The molecule has 2 aromatic heterocycles. The molecule has 9 heteroatoms. The van der Waals surface area contributed by atoms with Crippen molar-refractivity contribution in [3.63, 3.8) is 0 Å². The van der Waals surface area contributed by atoms with Crippen molar-refractivity contribution in [2.75, 3.05) is 23.7 Å². The van der Waals surface area contributed by atoms with Crippen molar-refractivity contribution in [3.05, 3.63) is 42.4 Å². The summed E-state index contributed by atoms with van der Waals surface area (Å²) in [5.74, 6) is 1.98. The fourth-order valence-electron chi connectivity index (χ4n) is 4.89. The Balaban J connectivity index is 1.41. The third-order valence-corrected chi connectivity index (χ3v) is 6.79. The number of benzene rings is 2. The molecule has 194 valence electrons. The Kier molecular flexibility index (Phi) is 6.97. The zero-order valence-electron chi connectivity index (χ0n) is 22.1. The van der Waals surface area contributed by atoms with Gasteiger partial charge in [-0.05, 0) is 78.7 Å². The molecule has 3 N–H and O–H groups in total. The maximum absolute atomic E-state index is 13.2. The van der Waals surface area contributed by atoms with Crippen molar-refractivity contribution in [2.24, 2.45) is 5.92 Å². The number of aryl methyl sites for hydroxylation is 1. The van der Waals surface area contributed by atoms with Crippen LogP contribution in [-0.2, 0) is 4.79 Å². The van der Waals surface area contributed by atoms with Gasteiger partial charge >= 0.3 is 0 Å². The van der Waals surface area contributed by atoms with E-state index in [2.05, 4.69) is 44.3 Å². The number of anilines is 3. The van der Waals surface area contributed by atoms with E-state index in [1.165, 1.54) is 0 Å². The maximum Gasteiger partial charge on any atom is 0.227 e. The van der Waals surface area contributed by atoms with E-state index in [-0.39, 0.29) is 17.9 Å². The van der Waals surface area contributed by atoms with Gasteiger partial charge in [0.05, 0.1) is 17.3 Å². The molecule has 4 aromatic rings. The Morgan fingerprint density at radius 3 is 2.62 bits per heavy atom. The fraction of sp³-hybridized carbons (Fsp3) is 0.429. The quantitative estimate of drug-likeness (QED) is 0.311. The second-order valence-corrected chi connectivity index (χ2v) is 10.3. The molecule has 9 nitrogen and oxygen atoms in total. The predicted octanol–water partition coefficient (Wildman–Crippen LogP) is 5.40. The number of nitrogens with one attached hydrogen (secondary N) is 3. The molecule has 1 amide bonds. The molecule has 2 aromatic carbocycles. The highest BCUT2D eigenvalue weighted by Gasteiger charge is 2.26. The van der Waals surface area contributed by atoms with Crippen LogP contribution in [0.5, 0.6) is 5.75 Å². The lowest BCUT2D eigenvalue weighted by Gasteiger charge is -2.33. The smallest absolute Gasteiger partial charge is 0.227 e. The first-order chi connectivity index (χ1) is 17.8. The third kappa shape index (κ3) is 5.51. The molecule has 1 saturated heterocycles. The van der Waals surface area contributed by atoms with Crippen LogP contribution in [0.4, 0.5) is 17.3 Å². The van der Waals surface area contributed by atoms with E-state index in [1.807, 2.05) is 51.1 Å². The number of hydrogen-bond donors (Lipinski definition) is 3. The molecule has 0 atom stereocenters. The van der Waals surface area contributed by atoms with Crippen LogP contribution < -0.4 is 15.4 Å². The lowest BCUT2D eigenvalue weighted by atomic mass is 9.95. The lowest BCUT2D eigenvalue weighted by molar-refractivity contribution is -0.121. The molecule has 0 spiro atoms. The van der Waals surface area contributed by atoms with Gasteiger partial charge in [-0.15, -0.1) is 0 Å². The second kappa shape index (κ2) is 10.3. The molecule has 1 fully saturated rings. The van der Waals surface area contributed by atoms with Crippen LogP contribution in [0.2, 0.25) is 0 Å². The number of carbonyl (C=O) groups excluding carboxylic acids is 1. The summed E-state index contributed by atoms with van der Waals surface area (Å²) in [4.78, 5) is 32.8. The third-order valence-electron chi connectivity index (χ3n) is 6.79. The average Bonchev–Trinajstić information content (AvgIpc) is 3.24. The van der Waals surface area contributed by atoms with Crippen LogP contribution >= 0.6 is 0 Å². The molecule has 0 unspecified atom stereocenters. The lowest BCUT2D eigenvalue weighted by Crippen LogP contribution is -2.41. The first-order valence-corrected chi connectivity index (χ1v) is 13.0. The Morgan fingerprint density at radius 1 is 1.11 bits per heavy atom. The number of piperidine rings is 1. The van der Waals surface area contributed by atoms with Gasteiger partial charge in [0.25, 0.3) is 0 Å². The first-order valence-electron chi connectivity index (χ1n) is 13.0. The number of para-hydroxylation sites is 1. The topological polar surface area (TPSA) is 108 Å². The second-order valence-electron chi connectivity index (χ2n) is 10.3. The number of carbonyl (C=O) groups is 1. The van der Waals surface area contributed by atoms with Crippen molar-refractivity contribution in [2.45, 2.75) is 59.6 Å². The van der Waals surface area contributed by atoms with Crippen molar-refractivity contribution >= 4 is 45.2 Å². The normalized spacial score (nSPS) is 15.1. The largest absolute Gasteiger partial charge is 0.489 e. The Hall–Kier alpha value is -3.72. The highest BCUT2D eigenvalue weighted by Crippen LogP contribution is 2.31. The van der Waals surface area contributed by atoms with Gasteiger partial charge in [-0.3, -0.25) is 4.79 Å². The average molecular weight is 502 g/mol. The van der Waals surface area contributed by atoms with E-state index < -0.39 is 0 Å². The zero-order chi connectivity index (χ0) is 26.1. The number of rotatable bonds is 7. The summed E-state index contributed by atoms with van der Waals surface area (Å²) in [5.41, 5.74) is 3.74. The molecule has 0 radical (unpaired) electrons. The van der Waals surface area contributed by atoms with E-state index in [1.54, 1.807) is 6.20 Å². The fourth-order valence-corrected chi connectivity index (χ4v) is 4.89. The molecule has 37 heavy (non-hydrogen) atoms. The monoisotopic (exact) mass is 501 g/mol. The summed E-state index contributed by atoms with van der Waals surface area (Å²) in [6.45, 7) is 12.2. The molecule has 1 aliphatic rings. The van der Waals surface area contributed by atoms with E-state index in [0.29, 0.717) is 23.4 Å². The number of amides is 1. The molecule has 1 aliphatic heterocycles. The highest BCUT2D eigenvalue weighted by atomic mass is 16.5. The molecule has 0 aliphatic carbocycles. The van der Waals surface area contributed by atoms with Gasteiger partial charge in [0.15, 0.2) is 0 Å². The SMILES string of the molecule is Cc1nc2c(NC(=O)C3CCN(C(C)C)CC3)cc(Nc3ncc4cccc(OC(C)C)c4n3)cc2[nH]1. The van der Waals surface area contributed by atoms with E-state index >= 15 is 0 Å². The van der Waals surface area contributed by atoms with Crippen molar-refractivity contribution in [1.82, 2.24) is 24.8 Å². The molecule has 3 heterocycles. The summed E-state index contributed by atoms with van der Waals surface area (Å²) in [5, 5.41) is 7.37. The number of aromatic nitrogens is 4. The summed E-state index contributed by atoms with van der Waals surface area (Å²) in [7, 11) is 0. The molecular formula is C28H35N7O2. The van der Waals surface area contributed by atoms with Crippen molar-refractivity contribution in [1.29, 1.82) is 0 Å². The van der Waals surface area contributed by atoms with Gasteiger partial charge in [-0.1, -0.05) is 12.1 Å². The van der Waals surface area contributed by atoms with Crippen LogP contribution in [0, 0.1) is 12.8 Å². The van der Waals surface area contributed by atoms with E-state index in [4.69, 9.17) is 9.72 Å². The number of fused-ring (bicyclic) bond motifs is 2. The maximum atomic E-state index is 13.2. The summed E-state index contributed by atoms with van der Waals surface area (Å²) < 4.78 is 5.95. The number of imidazole rings is 1. The first kappa shape index (κ1) is 25.0. The van der Waals surface area contributed by atoms with Crippen LogP contribution in [0.25, 0.3) is 21.9 Å². The van der Waals surface area contributed by atoms with Gasteiger partial charge in [-0.2, -0.15) is 0 Å². The van der Waals surface area contributed by atoms with E-state index in [0.717, 1.165) is 59.4 Å². The minimum atomic E-state index is -0.00935. The zero-order valence-corrected chi connectivity index (χ0v) is 22.1. The highest BCUT2D eigenvalue weighted by molar-refractivity contribution is 6.02. The van der Waals surface area contributed by atoms with Gasteiger partial charge in [0.2, 0.25) is 11.9 Å². The predicted molar refractivity (Wildman–Crippen MR) is 147 cm³/mol. The van der Waals surface area contributed by atoms with Crippen LogP contribution in [0.1, 0.15) is 46.4 Å². The minimum Gasteiger partial charge on any atom is -0.489 e.